The summed E-state index contributed by atoms with van der Waals surface area (Å²) in [4.78, 5) is 24.8. The highest BCUT2D eigenvalue weighted by atomic mass is 16.6. The molecule has 2 rings (SSSR count). The molecule has 0 aliphatic carbocycles. The molecule has 0 bridgehead atoms. The monoisotopic (exact) mass is 320 g/mol. The second kappa shape index (κ2) is 8.47. The van der Waals surface area contributed by atoms with Crippen LogP contribution in [0, 0.1) is 10.1 Å². The van der Waals surface area contributed by atoms with Gasteiger partial charge < -0.3 is 16.0 Å². The first kappa shape index (κ1) is 17.2. The summed E-state index contributed by atoms with van der Waals surface area (Å²) in [7, 11) is 0. The maximum atomic E-state index is 12.0. The number of anilines is 1. The molecule has 1 aromatic rings. The van der Waals surface area contributed by atoms with Gasteiger partial charge in [0.2, 0.25) is 0 Å². The minimum Gasteiger partial charge on any atom is -0.393 e. The van der Waals surface area contributed by atoms with Crippen LogP contribution in [0.2, 0.25) is 0 Å². The van der Waals surface area contributed by atoms with E-state index in [1.54, 1.807) is 0 Å². The number of hydrogen-bond donors (Lipinski definition) is 2. The van der Waals surface area contributed by atoms with Crippen LogP contribution in [-0.2, 0) is 0 Å². The molecule has 7 heteroatoms. The third-order valence-corrected chi connectivity index (χ3v) is 4.12. The number of hydrogen-bond acceptors (Lipinski definition) is 5. The minimum absolute atomic E-state index is 0.0627. The van der Waals surface area contributed by atoms with Gasteiger partial charge in [0.05, 0.1) is 4.92 Å². The van der Waals surface area contributed by atoms with Gasteiger partial charge in [-0.2, -0.15) is 0 Å². The van der Waals surface area contributed by atoms with Crippen molar-refractivity contribution in [1.82, 2.24) is 10.2 Å². The van der Waals surface area contributed by atoms with E-state index in [2.05, 4.69) is 10.2 Å². The van der Waals surface area contributed by atoms with Crippen molar-refractivity contribution in [3.05, 3.63) is 33.9 Å². The van der Waals surface area contributed by atoms with E-state index < -0.39 is 4.92 Å². The van der Waals surface area contributed by atoms with Crippen LogP contribution in [0.1, 0.15) is 42.5 Å². The van der Waals surface area contributed by atoms with Gasteiger partial charge in [0.15, 0.2) is 0 Å². The van der Waals surface area contributed by atoms with E-state index in [0.717, 1.165) is 26.1 Å². The molecule has 1 aliphatic rings. The maximum Gasteiger partial charge on any atom is 0.292 e. The predicted molar refractivity (Wildman–Crippen MR) is 89.4 cm³/mol. The summed E-state index contributed by atoms with van der Waals surface area (Å²) in [5.74, 6) is -0.302. The zero-order valence-electron chi connectivity index (χ0n) is 13.3. The number of nitrogens with two attached hydrogens (primary N) is 1. The Balaban J connectivity index is 1.78. The lowest BCUT2D eigenvalue weighted by molar-refractivity contribution is -0.383. The number of carbonyl (C=O) groups excluding carboxylic acids is 1. The number of nitrogen functional groups attached to an aromatic ring is 1. The van der Waals surface area contributed by atoms with E-state index in [9.17, 15) is 14.9 Å². The molecule has 3 N–H and O–H groups in total. The molecule has 1 saturated heterocycles. The van der Waals surface area contributed by atoms with Crippen molar-refractivity contribution in [3.63, 3.8) is 0 Å². The smallest absolute Gasteiger partial charge is 0.292 e. The molecule has 1 aromatic carbocycles. The second-order valence-corrected chi connectivity index (χ2v) is 5.90. The topological polar surface area (TPSA) is 102 Å². The second-order valence-electron chi connectivity index (χ2n) is 5.90. The fourth-order valence-electron chi connectivity index (χ4n) is 2.81. The Morgan fingerprint density at radius 2 is 1.96 bits per heavy atom. The van der Waals surface area contributed by atoms with Gasteiger partial charge in [-0.3, -0.25) is 14.9 Å². The molecule has 126 valence electrons. The predicted octanol–water partition coefficient (Wildman–Crippen LogP) is 2.17. The van der Waals surface area contributed by atoms with Crippen molar-refractivity contribution in [2.75, 3.05) is 31.9 Å². The van der Waals surface area contributed by atoms with Crippen LogP contribution in [0.3, 0.4) is 0 Å². The van der Waals surface area contributed by atoms with Crippen molar-refractivity contribution in [2.45, 2.75) is 32.1 Å². The summed E-state index contributed by atoms with van der Waals surface area (Å²) in [6.07, 6.45) is 6.00. The van der Waals surface area contributed by atoms with Crippen LogP contribution < -0.4 is 11.1 Å². The zero-order valence-corrected chi connectivity index (χ0v) is 13.3. The Bertz CT molecular complexity index is 554. The third-order valence-electron chi connectivity index (χ3n) is 4.12. The summed E-state index contributed by atoms with van der Waals surface area (Å²) < 4.78 is 0. The van der Waals surface area contributed by atoms with Gasteiger partial charge in [0.1, 0.15) is 5.69 Å². The van der Waals surface area contributed by atoms with Crippen LogP contribution in [0.15, 0.2) is 18.2 Å². The van der Waals surface area contributed by atoms with Crippen molar-refractivity contribution in [1.29, 1.82) is 0 Å². The normalized spacial score (nSPS) is 15.8. The van der Waals surface area contributed by atoms with Crippen LogP contribution in [-0.4, -0.2) is 41.9 Å². The van der Waals surface area contributed by atoms with Gasteiger partial charge in [-0.15, -0.1) is 0 Å². The quantitative estimate of drug-likeness (QED) is 0.362. The fraction of sp³-hybridized carbons (Fsp3) is 0.562. The van der Waals surface area contributed by atoms with Gasteiger partial charge in [-0.05, 0) is 51.0 Å². The van der Waals surface area contributed by atoms with Gasteiger partial charge >= 0.3 is 0 Å². The highest BCUT2D eigenvalue weighted by Crippen LogP contribution is 2.22. The standard InChI is InChI=1S/C16H24N4O3/c17-14-7-6-13(12-15(14)20(22)23)16(21)18-8-5-11-19-9-3-1-2-4-10-19/h6-7,12H,1-5,8-11,17H2,(H,18,21). The fourth-order valence-corrected chi connectivity index (χ4v) is 2.81. The lowest BCUT2D eigenvalue weighted by Crippen LogP contribution is -2.30. The molecule has 1 aliphatic heterocycles. The zero-order chi connectivity index (χ0) is 16.7. The Hall–Kier alpha value is -2.15. The minimum atomic E-state index is -0.578. The highest BCUT2D eigenvalue weighted by molar-refractivity contribution is 5.95. The maximum absolute atomic E-state index is 12.0. The molecule has 0 spiro atoms. The van der Waals surface area contributed by atoms with Gasteiger partial charge in [0, 0.05) is 18.2 Å². The lowest BCUT2D eigenvalue weighted by Gasteiger charge is -2.19. The van der Waals surface area contributed by atoms with Crippen molar-refractivity contribution >= 4 is 17.3 Å². The average Bonchev–Trinajstić information content (AvgIpc) is 2.80. The number of rotatable bonds is 6. The number of nitro groups is 1. The summed E-state index contributed by atoms with van der Waals surface area (Å²) in [5, 5.41) is 13.7. The molecule has 1 amide bonds. The van der Waals surface area contributed by atoms with Crippen LogP contribution >= 0.6 is 0 Å². The molecule has 7 nitrogen and oxygen atoms in total. The van der Waals surface area contributed by atoms with Crippen LogP contribution in [0.25, 0.3) is 0 Å². The Morgan fingerprint density at radius 1 is 1.26 bits per heavy atom. The molecule has 0 unspecified atom stereocenters. The Morgan fingerprint density at radius 3 is 2.61 bits per heavy atom. The van der Waals surface area contributed by atoms with Crippen LogP contribution in [0.4, 0.5) is 11.4 Å². The van der Waals surface area contributed by atoms with E-state index in [1.165, 1.54) is 43.9 Å². The molecule has 0 atom stereocenters. The van der Waals surface area contributed by atoms with E-state index in [1.807, 2.05) is 0 Å². The Kier molecular flexibility index (Phi) is 6.34. The van der Waals surface area contributed by atoms with E-state index >= 15 is 0 Å². The van der Waals surface area contributed by atoms with Gasteiger partial charge in [-0.25, -0.2) is 0 Å². The molecule has 1 fully saturated rings. The number of nitro benzene ring substituents is 1. The Labute approximate surface area is 136 Å². The van der Waals surface area contributed by atoms with Gasteiger partial charge in [0.25, 0.3) is 11.6 Å². The number of likely N-dealkylation sites (tertiary alicyclic amines) is 1. The third kappa shape index (κ3) is 5.21. The SMILES string of the molecule is Nc1ccc(C(=O)NCCCN2CCCCCC2)cc1[N+](=O)[O-]. The lowest BCUT2D eigenvalue weighted by atomic mass is 10.1. The first-order chi connectivity index (χ1) is 11.1. The molecular formula is C16H24N4O3. The van der Waals surface area contributed by atoms with Gasteiger partial charge in [-0.1, -0.05) is 12.8 Å². The number of amides is 1. The molecule has 0 saturated carbocycles. The molecule has 0 aromatic heterocycles. The van der Waals surface area contributed by atoms with Crippen molar-refractivity contribution in [2.24, 2.45) is 0 Å². The summed E-state index contributed by atoms with van der Waals surface area (Å²) >= 11 is 0. The van der Waals surface area contributed by atoms with Crippen molar-refractivity contribution in [3.8, 4) is 0 Å². The van der Waals surface area contributed by atoms with E-state index in [-0.39, 0.29) is 22.8 Å². The summed E-state index contributed by atoms with van der Waals surface area (Å²) in [6, 6.07) is 4.12. The first-order valence-electron chi connectivity index (χ1n) is 8.12. The average molecular weight is 320 g/mol. The van der Waals surface area contributed by atoms with E-state index in [4.69, 9.17) is 5.73 Å². The molecular weight excluding hydrogens is 296 g/mol. The van der Waals surface area contributed by atoms with E-state index in [0.29, 0.717) is 6.54 Å². The molecule has 23 heavy (non-hydrogen) atoms. The number of benzene rings is 1. The van der Waals surface area contributed by atoms with Crippen molar-refractivity contribution < 1.29 is 9.72 Å². The first-order valence-corrected chi connectivity index (χ1v) is 8.12. The molecule has 0 radical (unpaired) electrons. The number of carbonyl (C=O) groups is 1. The number of nitrogens with one attached hydrogen (secondary N) is 1. The van der Waals surface area contributed by atoms with Crippen LogP contribution in [0.5, 0.6) is 0 Å². The molecule has 1 heterocycles. The largest absolute Gasteiger partial charge is 0.393 e. The number of nitrogens with zero attached hydrogens (tertiary/aromatic N) is 2. The highest BCUT2D eigenvalue weighted by Gasteiger charge is 2.15. The summed E-state index contributed by atoms with van der Waals surface area (Å²) in [5.41, 5.74) is 5.62. The summed E-state index contributed by atoms with van der Waals surface area (Å²) in [6.45, 7) is 3.81.